The van der Waals surface area contributed by atoms with E-state index < -0.39 is 5.41 Å². The highest BCUT2D eigenvalue weighted by Gasteiger charge is 2.51. The third-order valence-electron chi connectivity index (χ3n) is 15.2. The first-order valence-electron chi connectivity index (χ1n) is 23.2. The molecular weight excluding hydrogens is 797 g/mol. The minimum absolute atomic E-state index is 0.135. The summed E-state index contributed by atoms with van der Waals surface area (Å²) in [6, 6.07) is 86.3. The highest BCUT2D eigenvalue weighted by molar-refractivity contribution is 6.13. The fourth-order valence-corrected chi connectivity index (χ4v) is 12.3. The van der Waals surface area contributed by atoms with Crippen molar-refractivity contribution in [2.24, 2.45) is 0 Å². The summed E-state index contributed by atoms with van der Waals surface area (Å²) in [6.07, 6.45) is 0. The van der Waals surface area contributed by atoms with Gasteiger partial charge in [0.2, 0.25) is 0 Å². The molecule has 310 valence electrons. The van der Waals surface area contributed by atoms with Crippen molar-refractivity contribution >= 4 is 38.9 Å². The molecule has 1 unspecified atom stereocenters. The van der Waals surface area contributed by atoms with Crippen LogP contribution in [-0.2, 0) is 10.8 Å². The second-order valence-electron chi connectivity index (χ2n) is 18.8. The normalized spacial score (nSPS) is 15.6. The number of hydrogen-bond acceptors (Lipinski definition) is 1. The molecule has 66 heavy (non-hydrogen) atoms. The lowest BCUT2D eigenvalue weighted by Crippen LogP contribution is -2.33. The molecule has 2 heteroatoms. The van der Waals surface area contributed by atoms with Gasteiger partial charge in [-0.15, -0.1) is 0 Å². The summed E-state index contributed by atoms with van der Waals surface area (Å²) in [6.45, 7) is 4.74. The van der Waals surface area contributed by atoms with E-state index in [9.17, 15) is 0 Å². The average molecular weight is 841 g/mol. The highest BCUT2D eigenvalue weighted by atomic mass is 15.1. The number of fused-ring (bicyclic) bond motifs is 15. The van der Waals surface area contributed by atoms with Crippen molar-refractivity contribution in [3.63, 3.8) is 0 Å². The fourth-order valence-electron chi connectivity index (χ4n) is 12.3. The van der Waals surface area contributed by atoms with Crippen LogP contribution < -0.4 is 4.90 Å². The summed E-state index contributed by atoms with van der Waals surface area (Å²) < 4.78 is 2.52. The molecule has 2 nitrogen and oxygen atoms in total. The molecule has 0 bridgehead atoms. The third kappa shape index (κ3) is 4.91. The molecule has 0 N–H and O–H groups in total. The van der Waals surface area contributed by atoms with Gasteiger partial charge in [0, 0.05) is 33.1 Å². The van der Waals surface area contributed by atoms with E-state index in [4.69, 9.17) is 0 Å². The van der Waals surface area contributed by atoms with Gasteiger partial charge in [0.1, 0.15) is 0 Å². The van der Waals surface area contributed by atoms with Crippen LogP contribution in [0.3, 0.4) is 0 Å². The summed E-state index contributed by atoms with van der Waals surface area (Å²) in [5.41, 5.74) is 24.6. The largest absolute Gasteiger partial charge is 0.310 e. The number of nitrogens with zero attached hydrogens (tertiary/aromatic N) is 2. The van der Waals surface area contributed by atoms with Crippen LogP contribution in [0.4, 0.5) is 17.1 Å². The van der Waals surface area contributed by atoms with E-state index in [0.29, 0.717) is 0 Å². The maximum atomic E-state index is 2.52. The third-order valence-corrected chi connectivity index (χ3v) is 15.2. The molecule has 1 atom stereocenters. The predicted molar refractivity (Wildman–Crippen MR) is 275 cm³/mol. The van der Waals surface area contributed by atoms with Crippen LogP contribution in [0.1, 0.15) is 47.2 Å². The lowest BCUT2D eigenvalue weighted by Gasteiger charge is -2.39. The van der Waals surface area contributed by atoms with Crippen LogP contribution in [-0.4, -0.2) is 4.57 Å². The van der Waals surface area contributed by atoms with E-state index in [2.05, 4.69) is 254 Å². The molecule has 1 spiro atoms. The number of benzene rings is 10. The zero-order valence-electron chi connectivity index (χ0n) is 36.8. The molecule has 3 aliphatic rings. The van der Waals surface area contributed by atoms with Gasteiger partial charge in [-0.2, -0.15) is 0 Å². The Morgan fingerprint density at radius 3 is 1.76 bits per heavy atom. The standard InChI is InChI=1S/C64H44N2/c1-63(2)53-24-10-6-20-47(53)49-37-36-45(40-58(49)63)65(44-34-31-42(32-35-44)41-17-4-3-5-18-41)59-28-13-8-19-46(59)43-33-38-55-52(39-43)48-21-7-11-25-54(48)64(55)56-26-12-15-30-61(56)66-60-29-14-9-22-50(60)51-23-16-27-57(64)62(51)66/h3-40H,1-2H3. The molecule has 14 rings (SSSR count). The Morgan fingerprint density at radius 2 is 0.924 bits per heavy atom. The topological polar surface area (TPSA) is 8.17 Å². The van der Waals surface area contributed by atoms with Gasteiger partial charge in [-0.05, 0) is 121 Å². The SMILES string of the molecule is CC1(C)c2ccccc2-c2ccc(N(c3ccc(-c4ccccc4)cc3)c3ccccc3-c3ccc4c(c3)-c3ccccc3C43c4ccccc4-n4c5ccccc5c5cccc3c54)cc21. The number of rotatable bonds is 5. The first kappa shape index (κ1) is 37.2. The zero-order valence-corrected chi connectivity index (χ0v) is 36.8. The minimum Gasteiger partial charge on any atom is -0.310 e. The van der Waals surface area contributed by atoms with Gasteiger partial charge in [0.25, 0.3) is 0 Å². The monoisotopic (exact) mass is 840 g/mol. The first-order valence-corrected chi connectivity index (χ1v) is 23.2. The summed E-state index contributed by atoms with van der Waals surface area (Å²) in [5, 5.41) is 2.58. The summed E-state index contributed by atoms with van der Waals surface area (Å²) in [4.78, 5) is 2.48. The van der Waals surface area contributed by atoms with Crippen molar-refractivity contribution < 1.29 is 0 Å². The van der Waals surface area contributed by atoms with Crippen molar-refractivity contribution in [2.45, 2.75) is 24.7 Å². The van der Waals surface area contributed by atoms with Crippen molar-refractivity contribution in [3.05, 3.63) is 264 Å². The van der Waals surface area contributed by atoms with E-state index in [0.717, 1.165) is 17.1 Å². The quantitative estimate of drug-likeness (QED) is 0.168. The van der Waals surface area contributed by atoms with Crippen molar-refractivity contribution in [3.8, 4) is 50.2 Å². The maximum absolute atomic E-state index is 2.52. The molecule has 11 aromatic rings. The average Bonchev–Trinajstić information content (AvgIpc) is 3.95. The Morgan fingerprint density at radius 1 is 0.348 bits per heavy atom. The van der Waals surface area contributed by atoms with Gasteiger partial charge >= 0.3 is 0 Å². The van der Waals surface area contributed by atoms with Crippen molar-refractivity contribution in [1.82, 2.24) is 4.57 Å². The Labute approximate surface area is 385 Å². The summed E-state index contributed by atoms with van der Waals surface area (Å²) in [5.74, 6) is 0. The molecule has 1 aliphatic heterocycles. The van der Waals surface area contributed by atoms with Crippen LogP contribution >= 0.6 is 0 Å². The van der Waals surface area contributed by atoms with Crippen LogP contribution in [0.25, 0.3) is 72.0 Å². The number of aromatic nitrogens is 1. The van der Waals surface area contributed by atoms with Crippen molar-refractivity contribution in [1.29, 1.82) is 0 Å². The van der Waals surface area contributed by atoms with Crippen LogP contribution in [0.2, 0.25) is 0 Å². The minimum atomic E-state index is -0.494. The Hall–Kier alpha value is -8.20. The first-order chi connectivity index (χ1) is 32.5. The molecule has 1 aromatic heterocycles. The molecule has 2 aliphatic carbocycles. The summed E-state index contributed by atoms with van der Waals surface area (Å²) >= 11 is 0. The zero-order chi connectivity index (χ0) is 43.7. The van der Waals surface area contributed by atoms with Gasteiger partial charge in [-0.1, -0.05) is 196 Å². The second-order valence-corrected chi connectivity index (χ2v) is 18.8. The van der Waals surface area contributed by atoms with Crippen LogP contribution in [0, 0.1) is 0 Å². The van der Waals surface area contributed by atoms with Gasteiger partial charge in [0.15, 0.2) is 0 Å². The molecular formula is C64H44N2. The number of para-hydroxylation sites is 4. The van der Waals surface area contributed by atoms with E-state index in [-0.39, 0.29) is 5.41 Å². The lowest BCUT2D eigenvalue weighted by molar-refractivity contribution is 0.660. The van der Waals surface area contributed by atoms with E-state index in [1.165, 1.54) is 105 Å². The fraction of sp³-hybridized carbons (Fsp3) is 0.0625. The van der Waals surface area contributed by atoms with Crippen LogP contribution in [0.5, 0.6) is 0 Å². The Bertz CT molecular complexity index is 3800. The number of hydrogen-bond donors (Lipinski definition) is 0. The maximum Gasteiger partial charge on any atom is 0.0754 e. The van der Waals surface area contributed by atoms with Gasteiger partial charge in [0.05, 0.1) is 27.8 Å². The van der Waals surface area contributed by atoms with Gasteiger partial charge in [-0.3, -0.25) is 0 Å². The smallest absolute Gasteiger partial charge is 0.0754 e. The second kappa shape index (κ2) is 13.7. The van der Waals surface area contributed by atoms with E-state index in [1.54, 1.807) is 0 Å². The molecule has 0 saturated heterocycles. The number of anilines is 3. The Balaban J connectivity index is 0.981. The molecule has 10 aromatic carbocycles. The molecule has 0 amide bonds. The van der Waals surface area contributed by atoms with Gasteiger partial charge in [-0.25, -0.2) is 0 Å². The van der Waals surface area contributed by atoms with Crippen molar-refractivity contribution in [2.75, 3.05) is 4.90 Å². The lowest BCUT2D eigenvalue weighted by atomic mass is 9.65. The van der Waals surface area contributed by atoms with Crippen LogP contribution in [0.15, 0.2) is 231 Å². The molecule has 0 fully saturated rings. The summed E-state index contributed by atoms with van der Waals surface area (Å²) in [7, 11) is 0. The molecule has 0 saturated carbocycles. The van der Waals surface area contributed by atoms with Gasteiger partial charge < -0.3 is 9.47 Å². The predicted octanol–water partition coefficient (Wildman–Crippen LogP) is 16.6. The Kier molecular flexibility index (Phi) is 7.70. The molecule has 2 heterocycles. The highest BCUT2D eigenvalue weighted by Crippen LogP contribution is 2.62. The van der Waals surface area contributed by atoms with E-state index >= 15 is 0 Å². The van der Waals surface area contributed by atoms with E-state index in [1.807, 2.05) is 0 Å². The molecule has 0 radical (unpaired) electrons.